The number of nitrogens with one attached hydrogen (secondary N) is 2. The highest BCUT2D eigenvalue weighted by molar-refractivity contribution is 6.06. The van der Waals surface area contributed by atoms with E-state index in [4.69, 9.17) is 0 Å². The van der Waals surface area contributed by atoms with Crippen LogP contribution in [-0.4, -0.2) is 17.9 Å². The molecule has 2 aromatic carbocycles. The second kappa shape index (κ2) is 7.77. The number of carbonyl (C=O) groups excluding carboxylic acids is 2. The second-order valence-electron chi connectivity index (χ2n) is 6.13. The van der Waals surface area contributed by atoms with E-state index in [2.05, 4.69) is 17.6 Å². The van der Waals surface area contributed by atoms with Crippen LogP contribution in [0.2, 0.25) is 0 Å². The van der Waals surface area contributed by atoms with E-state index in [1.807, 2.05) is 39.0 Å². The maximum absolute atomic E-state index is 12.6. The monoisotopic (exact) mass is 324 g/mol. The molecule has 0 aliphatic rings. The van der Waals surface area contributed by atoms with Crippen LogP contribution in [0, 0.1) is 6.92 Å². The van der Waals surface area contributed by atoms with Gasteiger partial charge in [0.15, 0.2) is 0 Å². The number of carbonyl (C=O) groups is 2. The summed E-state index contributed by atoms with van der Waals surface area (Å²) in [5, 5.41) is 5.81. The van der Waals surface area contributed by atoms with E-state index < -0.39 is 0 Å². The number of para-hydroxylation sites is 1. The fourth-order valence-electron chi connectivity index (χ4n) is 2.53. The number of anilines is 1. The summed E-state index contributed by atoms with van der Waals surface area (Å²) in [5.41, 5.74) is 3.92. The van der Waals surface area contributed by atoms with Crippen LogP contribution in [0.15, 0.2) is 42.5 Å². The van der Waals surface area contributed by atoms with Crippen LogP contribution in [0.1, 0.15) is 52.6 Å². The van der Waals surface area contributed by atoms with E-state index in [0.29, 0.717) is 11.1 Å². The molecule has 126 valence electrons. The number of amides is 2. The smallest absolute Gasteiger partial charge is 0.255 e. The maximum atomic E-state index is 12.6. The molecule has 24 heavy (non-hydrogen) atoms. The Morgan fingerprint density at radius 1 is 1.00 bits per heavy atom. The molecule has 4 nitrogen and oxygen atoms in total. The highest BCUT2D eigenvalue weighted by atomic mass is 16.2. The Morgan fingerprint density at radius 2 is 1.62 bits per heavy atom. The molecule has 0 aromatic heterocycles. The molecule has 0 unspecified atom stereocenters. The fraction of sp³-hybridized carbons (Fsp3) is 0.300. The molecular formula is C20H24N2O2. The van der Waals surface area contributed by atoms with Crippen LogP contribution in [0.4, 0.5) is 5.69 Å². The van der Waals surface area contributed by atoms with Gasteiger partial charge in [-0.2, -0.15) is 0 Å². The Labute approximate surface area is 143 Å². The van der Waals surface area contributed by atoms with Crippen molar-refractivity contribution in [2.45, 2.75) is 40.2 Å². The molecule has 0 saturated heterocycles. The first-order chi connectivity index (χ1) is 11.4. The normalized spacial score (nSPS) is 10.5. The predicted molar refractivity (Wildman–Crippen MR) is 97.6 cm³/mol. The lowest BCUT2D eigenvalue weighted by atomic mass is 10.0. The Morgan fingerprint density at radius 3 is 2.25 bits per heavy atom. The molecule has 0 bridgehead atoms. The molecule has 4 heteroatoms. The third-order valence-corrected chi connectivity index (χ3v) is 3.79. The van der Waals surface area contributed by atoms with Gasteiger partial charge in [0, 0.05) is 22.9 Å². The van der Waals surface area contributed by atoms with Gasteiger partial charge in [-0.3, -0.25) is 9.59 Å². The van der Waals surface area contributed by atoms with Crippen LogP contribution < -0.4 is 10.6 Å². The Kier molecular flexibility index (Phi) is 5.74. The standard InChI is InChI=1S/C20H24N2O2/c1-5-15-9-6-8-14(4)18(15)22-20(24)17-11-7-10-16(12-17)19(23)21-13(2)3/h6-13H,5H2,1-4H3,(H,21,23)(H,22,24). The molecule has 0 spiro atoms. The van der Waals surface area contributed by atoms with Crippen molar-refractivity contribution in [1.82, 2.24) is 5.32 Å². The van der Waals surface area contributed by atoms with Crippen LogP contribution in [-0.2, 0) is 6.42 Å². The highest BCUT2D eigenvalue weighted by Gasteiger charge is 2.13. The van der Waals surface area contributed by atoms with Gasteiger partial charge in [0.25, 0.3) is 11.8 Å². The Bertz CT molecular complexity index is 751. The zero-order chi connectivity index (χ0) is 17.7. The largest absolute Gasteiger partial charge is 0.350 e. The minimum atomic E-state index is -0.210. The van der Waals surface area contributed by atoms with Crippen molar-refractivity contribution in [2.75, 3.05) is 5.32 Å². The van der Waals surface area contributed by atoms with Crippen molar-refractivity contribution in [3.05, 3.63) is 64.7 Å². The van der Waals surface area contributed by atoms with Gasteiger partial charge in [0.1, 0.15) is 0 Å². The van der Waals surface area contributed by atoms with Gasteiger partial charge in [-0.1, -0.05) is 31.2 Å². The van der Waals surface area contributed by atoms with Gasteiger partial charge >= 0.3 is 0 Å². The van der Waals surface area contributed by atoms with Crippen molar-refractivity contribution in [1.29, 1.82) is 0 Å². The first kappa shape index (κ1) is 17.7. The molecule has 2 rings (SSSR count). The predicted octanol–water partition coefficient (Wildman–Crippen LogP) is 3.95. The summed E-state index contributed by atoms with van der Waals surface area (Å²) in [6.07, 6.45) is 0.841. The molecule has 0 fully saturated rings. The molecule has 0 heterocycles. The lowest BCUT2D eigenvalue weighted by Crippen LogP contribution is -2.30. The lowest BCUT2D eigenvalue weighted by molar-refractivity contribution is 0.0943. The SMILES string of the molecule is CCc1cccc(C)c1NC(=O)c1cccc(C(=O)NC(C)C)c1. The molecule has 0 radical (unpaired) electrons. The molecular weight excluding hydrogens is 300 g/mol. The van der Waals surface area contributed by atoms with E-state index in [1.54, 1.807) is 24.3 Å². The Balaban J connectivity index is 2.24. The zero-order valence-electron chi connectivity index (χ0n) is 14.6. The molecule has 2 amide bonds. The molecule has 2 aromatic rings. The second-order valence-corrected chi connectivity index (χ2v) is 6.13. The first-order valence-corrected chi connectivity index (χ1v) is 8.23. The van der Waals surface area contributed by atoms with Crippen LogP contribution in [0.3, 0.4) is 0 Å². The van der Waals surface area contributed by atoms with Gasteiger partial charge in [0.2, 0.25) is 0 Å². The van der Waals surface area contributed by atoms with E-state index in [0.717, 1.165) is 23.2 Å². The summed E-state index contributed by atoms with van der Waals surface area (Å²) >= 11 is 0. The third kappa shape index (κ3) is 4.22. The number of rotatable bonds is 5. The topological polar surface area (TPSA) is 58.2 Å². The van der Waals surface area contributed by atoms with E-state index in [9.17, 15) is 9.59 Å². The molecule has 0 aliphatic heterocycles. The summed E-state index contributed by atoms with van der Waals surface area (Å²) in [5.74, 6) is -0.386. The van der Waals surface area contributed by atoms with Crippen molar-refractivity contribution in [3.63, 3.8) is 0 Å². The number of hydrogen-bond donors (Lipinski definition) is 2. The number of aryl methyl sites for hydroxylation is 2. The summed E-state index contributed by atoms with van der Waals surface area (Å²) in [4.78, 5) is 24.7. The van der Waals surface area contributed by atoms with Crippen molar-refractivity contribution in [3.8, 4) is 0 Å². The van der Waals surface area contributed by atoms with Gasteiger partial charge in [-0.25, -0.2) is 0 Å². The lowest BCUT2D eigenvalue weighted by Gasteiger charge is -2.13. The average molecular weight is 324 g/mol. The summed E-state index contributed by atoms with van der Waals surface area (Å²) in [6.45, 7) is 7.83. The van der Waals surface area contributed by atoms with Gasteiger partial charge in [-0.05, 0) is 56.5 Å². The van der Waals surface area contributed by atoms with Crippen molar-refractivity contribution >= 4 is 17.5 Å². The summed E-state index contributed by atoms with van der Waals surface area (Å²) in [7, 11) is 0. The number of benzene rings is 2. The average Bonchev–Trinajstić information content (AvgIpc) is 2.56. The maximum Gasteiger partial charge on any atom is 0.255 e. The van der Waals surface area contributed by atoms with Crippen molar-refractivity contribution in [2.24, 2.45) is 0 Å². The van der Waals surface area contributed by atoms with E-state index in [-0.39, 0.29) is 17.9 Å². The quantitative estimate of drug-likeness (QED) is 0.875. The minimum absolute atomic E-state index is 0.0501. The highest BCUT2D eigenvalue weighted by Crippen LogP contribution is 2.22. The zero-order valence-corrected chi connectivity index (χ0v) is 14.6. The molecule has 0 saturated carbocycles. The number of hydrogen-bond acceptors (Lipinski definition) is 2. The molecule has 0 aliphatic carbocycles. The van der Waals surface area contributed by atoms with Crippen molar-refractivity contribution < 1.29 is 9.59 Å². The summed E-state index contributed by atoms with van der Waals surface area (Å²) in [6, 6.07) is 12.8. The van der Waals surface area contributed by atoms with Gasteiger partial charge in [0.05, 0.1) is 0 Å². The van der Waals surface area contributed by atoms with Crippen LogP contribution in [0.25, 0.3) is 0 Å². The minimum Gasteiger partial charge on any atom is -0.350 e. The first-order valence-electron chi connectivity index (χ1n) is 8.23. The molecule has 0 atom stereocenters. The van der Waals surface area contributed by atoms with Crippen LogP contribution in [0.5, 0.6) is 0 Å². The van der Waals surface area contributed by atoms with E-state index >= 15 is 0 Å². The van der Waals surface area contributed by atoms with E-state index in [1.165, 1.54) is 0 Å². The Hall–Kier alpha value is -2.62. The van der Waals surface area contributed by atoms with Gasteiger partial charge in [-0.15, -0.1) is 0 Å². The molecule has 2 N–H and O–H groups in total. The van der Waals surface area contributed by atoms with Crippen LogP contribution >= 0.6 is 0 Å². The van der Waals surface area contributed by atoms with Gasteiger partial charge < -0.3 is 10.6 Å². The third-order valence-electron chi connectivity index (χ3n) is 3.79. The summed E-state index contributed by atoms with van der Waals surface area (Å²) < 4.78 is 0. The fourth-order valence-corrected chi connectivity index (χ4v) is 2.53.